The quantitative estimate of drug-likeness (QED) is 0.0189. The summed E-state index contributed by atoms with van der Waals surface area (Å²) in [6.45, 7) is 0.918. The van der Waals surface area contributed by atoms with Gasteiger partial charge in [0.1, 0.15) is 35.4 Å². The number of carbonyl (C=O) groups excluding carboxylic acids is 7. The van der Waals surface area contributed by atoms with E-state index in [4.69, 9.17) is 64.5 Å². The van der Waals surface area contributed by atoms with Crippen LogP contribution in [-0.2, 0) is 19.2 Å². The Balaban J connectivity index is 1.90. The number of likely N-dealkylation sites (N-methyl/N-ethyl adjacent to an activating group) is 1. The molecule has 0 heterocycles. The van der Waals surface area contributed by atoms with Crippen LogP contribution >= 0.6 is 0 Å². The standard InChI is InChI=1S/C49H74N20O10/c1-59-43(74)33(10-6-20-61-47(53)54)67-39(70)30-24-27(14-17-37(30)78-3)65-45(76)35(12-8-22-63-49(57)58)69-41(72)31-25-28(15-18-38(31)79-4)66-44(75)34(11-7-21-62-48(55)56)68-40(71)29-23-26(13-16-36(29)77-2)64-42(73)32(50)9-5-19-60-46(51)52/h13-18,23-25,32-35H,5-12,19-22,50H2,1-4H3,(H,59,74)(H,64,73)(H,65,76)(H,66,75)(H,67,70)(H,68,71)(H,69,72)(H4,51,52,60)(H4,53,54,61)(H4,55,56,62)(H4,57,58,63)/t32-,33-,34-,35-/m1/s1. The Morgan fingerprint density at radius 2 is 0.722 bits per heavy atom. The van der Waals surface area contributed by atoms with E-state index in [1.807, 2.05) is 0 Å². The average Bonchev–Trinajstić information content (AvgIpc) is 3.42. The summed E-state index contributed by atoms with van der Waals surface area (Å²) in [5.74, 6) is -5.57. The Morgan fingerprint density at radius 1 is 0.443 bits per heavy atom. The molecule has 0 saturated heterocycles. The number of hydrogen-bond donors (Lipinski definition) is 20. The molecule has 0 saturated carbocycles. The minimum Gasteiger partial charge on any atom is -0.496 e. The smallest absolute Gasteiger partial charge is 0.255 e. The molecule has 0 unspecified atom stereocenters. The number of benzene rings is 3. The van der Waals surface area contributed by atoms with E-state index in [-0.39, 0.29) is 133 Å². The zero-order chi connectivity index (χ0) is 58.6. The maximum Gasteiger partial charge on any atom is 0.255 e. The lowest BCUT2D eigenvalue weighted by Crippen LogP contribution is -2.46. The maximum absolute atomic E-state index is 14.2. The number of ether oxygens (including phenoxy) is 3. The summed E-state index contributed by atoms with van der Waals surface area (Å²) in [5, 5.41) is 59.0. The summed E-state index contributed by atoms with van der Waals surface area (Å²) in [4.78, 5) is 95.8. The fraction of sp³-hybridized carbons (Fsp3) is 0.408. The topological polar surface area (TPSA) is 505 Å². The highest BCUT2D eigenvalue weighted by molar-refractivity contribution is 6.07. The first kappa shape index (κ1) is 63.7. The third kappa shape index (κ3) is 21.9. The number of nitrogens with two attached hydrogens (primary N) is 5. The molecule has 0 radical (unpaired) electrons. The number of anilines is 3. The number of hydrogen-bond acceptors (Lipinski definition) is 15. The van der Waals surface area contributed by atoms with E-state index in [0.717, 1.165) is 0 Å². The Kier molecular flexibility index (Phi) is 26.4. The third-order valence-corrected chi connectivity index (χ3v) is 11.5. The van der Waals surface area contributed by atoms with Crippen molar-refractivity contribution in [3.63, 3.8) is 0 Å². The minimum atomic E-state index is -1.27. The molecule has 3 rings (SSSR count). The van der Waals surface area contributed by atoms with Crippen molar-refractivity contribution in [1.29, 1.82) is 21.6 Å². The van der Waals surface area contributed by atoms with E-state index in [1.165, 1.54) is 83.0 Å². The van der Waals surface area contributed by atoms with Crippen molar-refractivity contribution >= 4 is 82.3 Å². The summed E-state index contributed by atoms with van der Waals surface area (Å²) in [5.41, 5.74) is 27.9. The van der Waals surface area contributed by atoms with Crippen molar-refractivity contribution in [2.75, 3.05) is 70.5 Å². The first-order chi connectivity index (χ1) is 37.6. The molecule has 30 heteroatoms. The van der Waals surface area contributed by atoms with E-state index >= 15 is 0 Å². The molecule has 0 fully saturated rings. The van der Waals surface area contributed by atoms with E-state index in [2.05, 4.69) is 58.5 Å². The Labute approximate surface area is 456 Å². The molecule has 30 nitrogen and oxygen atoms in total. The first-order valence-electron chi connectivity index (χ1n) is 24.8. The van der Waals surface area contributed by atoms with Crippen LogP contribution in [0.3, 0.4) is 0 Å². The molecular weight excluding hydrogens is 1030 g/mol. The molecule has 0 aliphatic heterocycles. The van der Waals surface area contributed by atoms with Crippen LogP contribution in [0, 0.1) is 21.6 Å². The van der Waals surface area contributed by atoms with Gasteiger partial charge in [0.05, 0.1) is 44.1 Å². The summed E-state index contributed by atoms with van der Waals surface area (Å²) in [7, 11) is 5.39. The molecule has 4 atom stereocenters. The maximum atomic E-state index is 14.2. The number of nitrogens with one attached hydrogen (secondary N) is 15. The highest BCUT2D eigenvalue weighted by Crippen LogP contribution is 2.27. The molecule has 0 aliphatic rings. The fourth-order valence-electron chi connectivity index (χ4n) is 7.54. The van der Waals surface area contributed by atoms with Gasteiger partial charge in [-0.15, -0.1) is 0 Å². The molecule has 25 N–H and O–H groups in total. The van der Waals surface area contributed by atoms with Crippen molar-refractivity contribution in [2.24, 2.45) is 28.7 Å². The lowest BCUT2D eigenvalue weighted by atomic mass is 10.1. The van der Waals surface area contributed by atoms with Crippen molar-refractivity contribution in [3.8, 4) is 17.2 Å². The fourth-order valence-corrected chi connectivity index (χ4v) is 7.54. The zero-order valence-electron chi connectivity index (χ0n) is 44.5. The number of rotatable bonds is 32. The van der Waals surface area contributed by atoms with E-state index < -0.39 is 65.5 Å². The number of carbonyl (C=O) groups is 7. The molecule has 0 aromatic heterocycles. The predicted molar refractivity (Wildman–Crippen MR) is 297 cm³/mol. The Morgan fingerprint density at radius 3 is 1.00 bits per heavy atom. The van der Waals surface area contributed by atoms with E-state index in [9.17, 15) is 33.6 Å². The van der Waals surface area contributed by atoms with Crippen molar-refractivity contribution < 1.29 is 47.8 Å². The van der Waals surface area contributed by atoms with Gasteiger partial charge in [-0.25, -0.2) is 0 Å². The molecule has 7 amide bonds. The zero-order valence-corrected chi connectivity index (χ0v) is 44.5. The van der Waals surface area contributed by atoms with Gasteiger partial charge >= 0.3 is 0 Å². The van der Waals surface area contributed by atoms with Gasteiger partial charge in [0, 0.05) is 50.3 Å². The van der Waals surface area contributed by atoms with Crippen LogP contribution in [0.2, 0.25) is 0 Å². The lowest BCUT2D eigenvalue weighted by Gasteiger charge is -2.22. The predicted octanol–water partition coefficient (Wildman–Crippen LogP) is -1.65. The van der Waals surface area contributed by atoms with Gasteiger partial charge in [0.15, 0.2) is 23.8 Å². The Bertz CT molecular complexity index is 2670. The molecule has 3 aromatic carbocycles. The molecule has 0 spiro atoms. The highest BCUT2D eigenvalue weighted by atomic mass is 16.5. The highest BCUT2D eigenvalue weighted by Gasteiger charge is 2.28. The van der Waals surface area contributed by atoms with E-state index in [1.54, 1.807) is 0 Å². The second-order valence-corrected chi connectivity index (χ2v) is 17.4. The molecule has 0 bridgehead atoms. The van der Waals surface area contributed by atoms with Crippen molar-refractivity contribution in [2.45, 2.75) is 75.5 Å². The first-order valence-corrected chi connectivity index (χ1v) is 24.8. The van der Waals surface area contributed by atoms with Crippen LogP contribution in [-0.4, -0.2) is 144 Å². The summed E-state index contributed by atoms with van der Waals surface area (Å²) in [6.07, 6.45) is 1.73. The van der Waals surface area contributed by atoms with Crippen LogP contribution in [0.1, 0.15) is 82.4 Å². The summed E-state index contributed by atoms with van der Waals surface area (Å²) >= 11 is 0. The lowest BCUT2D eigenvalue weighted by molar-refractivity contribution is -0.122. The Hall–Kier alpha value is -9.61. The second-order valence-electron chi connectivity index (χ2n) is 17.4. The SMILES string of the molecule is CNC(=O)[C@@H](CCCNC(=N)N)NC(=O)c1cc(NC(=O)[C@@H](CCCNC(=N)N)NC(=O)c2cc(NC(=O)[C@@H](CCCNC(=N)N)NC(=O)c3cc(NC(=O)[C@H](N)CCCNC(=N)N)ccc3OC)ccc2OC)ccc1OC. The van der Waals surface area contributed by atoms with Gasteiger partial charge in [0.25, 0.3) is 17.7 Å². The molecule has 0 aliphatic carbocycles. The van der Waals surface area contributed by atoms with Gasteiger partial charge < -0.3 is 101 Å². The van der Waals surface area contributed by atoms with Crippen LogP contribution < -0.4 is 101 Å². The normalized spacial score (nSPS) is 12.0. The monoisotopic (exact) mass is 1100 g/mol. The summed E-state index contributed by atoms with van der Waals surface area (Å²) < 4.78 is 16.4. The third-order valence-electron chi connectivity index (χ3n) is 11.5. The second kappa shape index (κ2) is 32.7. The minimum absolute atomic E-state index is 0.000945. The molecule has 79 heavy (non-hydrogen) atoms. The van der Waals surface area contributed by atoms with Crippen LogP contribution in [0.15, 0.2) is 54.6 Å². The van der Waals surface area contributed by atoms with Gasteiger partial charge in [-0.3, -0.25) is 55.2 Å². The van der Waals surface area contributed by atoms with Crippen LogP contribution in [0.4, 0.5) is 17.1 Å². The van der Waals surface area contributed by atoms with Gasteiger partial charge in [-0.1, -0.05) is 0 Å². The molecule has 430 valence electrons. The largest absolute Gasteiger partial charge is 0.496 e. The van der Waals surface area contributed by atoms with E-state index in [0.29, 0.717) is 19.4 Å². The summed E-state index contributed by atoms with van der Waals surface area (Å²) in [6, 6.07) is 8.24. The number of methoxy groups -OCH3 is 3. The number of amides is 7. The van der Waals surface area contributed by atoms with Gasteiger partial charge in [-0.2, -0.15) is 0 Å². The average molecular weight is 1100 g/mol. The van der Waals surface area contributed by atoms with Crippen LogP contribution in [0.25, 0.3) is 0 Å². The van der Waals surface area contributed by atoms with Crippen molar-refractivity contribution in [3.05, 3.63) is 71.3 Å². The number of guanidine groups is 4. The van der Waals surface area contributed by atoms with Gasteiger partial charge in [0.2, 0.25) is 23.6 Å². The van der Waals surface area contributed by atoms with Crippen molar-refractivity contribution in [1.82, 2.24) is 42.5 Å². The molecule has 3 aromatic rings. The van der Waals surface area contributed by atoms with Crippen LogP contribution in [0.5, 0.6) is 17.2 Å². The molecular formula is C49H74N20O10. The van der Waals surface area contributed by atoms with Gasteiger partial charge in [-0.05, 0) is 106 Å².